The van der Waals surface area contributed by atoms with Crippen molar-refractivity contribution in [1.82, 2.24) is 0 Å². The number of hydrogen-bond acceptors (Lipinski definition) is 2. The SMILES string of the molecule is Cc1cc(CNc2cc(Br)cc(C(F)(F)F)c2)c(C)s1. The summed E-state index contributed by atoms with van der Waals surface area (Å²) in [5.74, 6) is 0. The van der Waals surface area contributed by atoms with E-state index in [1.807, 2.05) is 13.8 Å². The van der Waals surface area contributed by atoms with Gasteiger partial charge in [0, 0.05) is 26.5 Å². The lowest BCUT2D eigenvalue weighted by Gasteiger charge is -2.11. The lowest BCUT2D eigenvalue weighted by molar-refractivity contribution is -0.137. The summed E-state index contributed by atoms with van der Waals surface area (Å²) >= 11 is 4.80. The van der Waals surface area contributed by atoms with E-state index in [0.717, 1.165) is 17.7 Å². The number of anilines is 1. The molecule has 0 fully saturated rings. The second kappa shape index (κ2) is 5.77. The fourth-order valence-corrected chi connectivity index (χ4v) is 3.35. The summed E-state index contributed by atoms with van der Waals surface area (Å²) in [6, 6.07) is 5.89. The maximum absolute atomic E-state index is 12.7. The largest absolute Gasteiger partial charge is 0.416 e. The number of rotatable bonds is 3. The molecule has 0 radical (unpaired) electrons. The van der Waals surface area contributed by atoms with Gasteiger partial charge in [0.2, 0.25) is 0 Å². The van der Waals surface area contributed by atoms with Crippen molar-refractivity contribution >= 4 is 33.0 Å². The van der Waals surface area contributed by atoms with Crippen LogP contribution in [0.1, 0.15) is 20.9 Å². The van der Waals surface area contributed by atoms with Gasteiger partial charge in [-0.15, -0.1) is 11.3 Å². The first-order chi connectivity index (χ1) is 9.25. The third kappa shape index (κ3) is 3.76. The molecule has 0 aliphatic rings. The summed E-state index contributed by atoms with van der Waals surface area (Å²) < 4.78 is 38.6. The van der Waals surface area contributed by atoms with Crippen LogP contribution in [0, 0.1) is 13.8 Å². The third-order valence-electron chi connectivity index (χ3n) is 2.85. The molecule has 0 saturated heterocycles. The molecule has 1 heterocycles. The van der Waals surface area contributed by atoms with Gasteiger partial charge in [0.15, 0.2) is 0 Å². The molecule has 0 saturated carbocycles. The van der Waals surface area contributed by atoms with Gasteiger partial charge in [-0.3, -0.25) is 0 Å². The standard InChI is InChI=1S/C14H13BrF3NS/c1-8-3-10(9(2)20-8)7-19-13-5-11(14(16,17)18)4-12(15)6-13/h3-6,19H,7H2,1-2H3. The number of nitrogens with one attached hydrogen (secondary N) is 1. The van der Waals surface area contributed by atoms with E-state index in [4.69, 9.17) is 0 Å². The Hall–Kier alpha value is -1.01. The van der Waals surface area contributed by atoms with Crippen LogP contribution in [0.25, 0.3) is 0 Å². The zero-order valence-corrected chi connectivity index (χ0v) is 13.3. The van der Waals surface area contributed by atoms with Crippen LogP contribution >= 0.6 is 27.3 Å². The third-order valence-corrected chi connectivity index (χ3v) is 4.32. The van der Waals surface area contributed by atoms with Crippen LogP contribution in [0.5, 0.6) is 0 Å². The van der Waals surface area contributed by atoms with E-state index in [1.54, 1.807) is 17.4 Å². The Balaban J connectivity index is 2.18. The molecule has 20 heavy (non-hydrogen) atoms. The Bertz CT molecular complexity index is 619. The monoisotopic (exact) mass is 363 g/mol. The average Bonchev–Trinajstić information content (AvgIpc) is 2.63. The van der Waals surface area contributed by atoms with E-state index >= 15 is 0 Å². The highest BCUT2D eigenvalue weighted by atomic mass is 79.9. The summed E-state index contributed by atoms with van der Waals surface area (Å²) in [5.41, 5.74) is 0.906. The molecule has 0 unspecified atom stereocenters. The minimum atomic E-state index is -4.34. The van der Waals surface area contributed by atoms with Crippen LogP contribution in [-0.4, -0.2) is 0 Å². The van der Waals surface area contributed by atoms with Gasteiger partial charge in [-0.1, -0.05) is 15.9 Å². The molecule has 0 atom stereocenters. The van der Waals surface area contributed by atoms with Gasteiger partial charge in [0.25, 0.3) is 0 Å². The van der Waals surface area contributed by atoms with Gasteiger partial charge in [-0.05, 0) is 43.7 Å². The first kappa shape index (κ1) is 15.4. The fraction of sp³-hybridized carbons (Fsp3) is 0.286. The first-order valence-corrected chi connectivity index (χ1v) is 7.54. The second-order valence-electron chi connectivity index (χ2n) is 4.52. The highest BCUT2D eigenvalue weighted by Crippen LogP contribution is 2.33. The Morgan fingerprint density at radius 3 is 2.40 bits per heavy atom. The maximum atomic E-state index is 12.7. The number of halogens is 4. The van der Waals surface area contributed by atoms with Crippen molar-refractivity contribution < 1.29 is 13.2 Å². The Morgan fingerprint density at radius 1 is 1.15 bits per heavy atom. The summed E-state index contributed by atoms with van der Waals surface area (Å²) in [6.07, 6.45) is -4.34. The quantitative estimate of drug-likeness (QED) is 0.730. The van der Waals surface area contributed by atoms with Crippen LogP contribution in [-0.2, 0) is 12.7 Å². The summed E-state index contributed by atoms with van der Waals surface area (Å²) in [5, 5.41) is 3.05. The lowest BCUT2D eigenvalue weighted by Crippen LogP contribution is -2.07. The van der Waals surface area contributed by atoms with E-state index in [0.29, 0.717) is 16.7 Å². The Labute approximate surface area is 128 Å². The number of thiophene rings is 1. The van der Waals surface area contributed by atoms with Crippen LogP contribution in [0.4, 0.5) is 18.9 Å². The van der Waals surface area contributed by atoms with E-state index in [9.17, 15) is 13.2 Å². The van der Waals surface area contributed by atoms with Gasteiger partial charge in [-0.2, -0.15) is 13.2 Å². The van der Waals surface area contributed by atoms with Gasteiger partial charge in [-0.25, -0.2) is 0 Å². The molecule has 0 bridgehead atoms. The topological polar surface area (TPSA) is 12.0 Å². The van der Waals surface area contributed by atoms with Crippen molar-refractivity contribution in [3.8, 4) is 0 Å². The molecule has 0 amide bonds. The highest BCUT2D eigenvalue weighted by molar-refractivity contribution is 9.10. The van der Waals surface area contributed by atoms with Gasteiger partial charge in [0.1, 0.15) is 0 Å². The highest BCUT2D eigenvalue weighted by Gasteiger charge is 2.31. The normalized spacial score (nSPS) is 11.7. The molecular weight excluding hydrogens is 351 g/mol. The second-order valence-corrected chi connectivity index (χ2v) is 6.89. The molecule has 1 nitrogen and oxygen atoms in total. The van der Waals surface area contributed by atoms with E-state index in [-0.39, 0.29) is 0 Å². The first-order valence-electron chi connectivity index (χ1n) is 5.93. The molecule has 0 aliphatic carbocycles. The lowest BCUT2D eigenvalue weighted by atomic mass is 10.2. The molecule has 0 spiro atoms. The molecule has 6 heteroatoms. The number of benzene rings is 1. The minimum Gasteiger partial charge on any atom is -0.381 e. The number of alkyl halides is 3. The van der Waals surface area contributed by atoms with Gasteiger partial charge in [0.05, 0.1) is 5.56 Å². The van der Waals surface area contributed by atoms with Crippen molar-refractivity contribution in [3.63, 3.8) is 0 Å². The molecule has 2 aromatic rings. The zero-order valence-electron chi connectivity index (χ0n) is 10.9. The predicted octanol–water partition coefficient (Wildman–Crippen LogP) is 5.76. The average molecular weight is 364 g/mol. The van der Waals surface area contributed by atoms with Crippen molar-refractivity contribution in [2.24, 2.45) is 0 Å². The molecule has 1 aromatic carbocycles. The maximum Gasteiger partial charge on any atom is 0.416 e. The van der Waals surface area contributed by atoms with Crippen LogP contribution in [0.3, 0.4) is 0 Å². The van der Waals surface area contributed by atoms with E-state index in [2.05, 4.69) is 27.3 Å². The molecular formula is C14H13BrF3NS. The van der Waals surface area contributed by atoms with Crippen molar-refractivity contribution in [1.29, 1.82) is 0 Å². The number of aryl methyl sites for hydroxylation is 2. The van der Waals surface area contributed by atoms with E-state index in [1.165, 1.54) is 9.75 Å². The van der Waals surface area contributed by atoms with Gasteiger partial charge < -0.3 is 5.32 Å². The zero-order chi connectivity index (χ0) is 14.9. The Kier molecular flexibility index (Phi) is 4.44. The molecule has 108 valence electrons. The van der Waals surface area contributed by atoms with Crippen LogP contribution in [0.15, 0.2) is 28.7 Å². The molecule has 1 N–H and O–H groups in total. The van der Waals surface area contributed by atoms with Crippen LogP contribution < -0.4 is 5.32 Å². The molecule has 0 aliphatic heterocycles. The summed E-state index contributed by atoms with van der Waals surface area (Å²) in [4.78, 5) is 2.38. The van der Waals surface area contributed by atoms with Crippen molar-refractivity contribution in [2.45, 2.75) is 26.6 Å². The predicted molar refractivity (Wildman–Crippen MR) is 80.3 cm³/mol. The van der Waals surface area contributed by atoms with Crippen LogP contribution in [0.2, 0.25) is 0 Å². The van der Waals surface area contributed by atoms with E-state index < -0.39 is 11.7 Å². The smallest absolute Gasteiger partial charge is 0.381 e. The summed E-state index contributed by atoms with van der Waals surface area (Å²) in [7, 11) is 0. The minimum absolute atomic E-state index is 0.410. The van der Waals surface area contributed by atoms with Crippen molar-refractivity contribution in [3.05, 3.63) is 49.6 Å². The van der Waals surface area contributed by atoms with Crippen molar-refractivity contribution in [2.75, 3.05) is 5.32 Å². The fourth-order valence-electron chi connectivity index (χ4n) is 1.91. The molecule has 2 rings (SSSR count). The van der Waals surface area contributed by atoms with Gasteiger partial charge >= 0.3 is 6.18 Å². The Morgan fingerprint density at radius 2 is 1.85 bits per heavy atom. The summed E-state index contributed by atoms with van der Waals surface area (Å²) in [6.45, 7) is 4.54. The number of hydrogen-bond donors (Lipinski definition) is 1. The molecule has 1 aromatic heterocycles.